The highest BCUT2D eigenvalue weighted by Gasteiger charge is 2.41. The highest BCUT2D eigenvalue weighted by atomic mass is 79.9. The Kier molecular flexibility index (Phi) is 4.09. The molecule has 4 nitrogen and oxygen atoms in total. The third kappa shape index (κ3) is 2.25. The summed E-state index contributed by atoms with van der Waals surface area (Å²) in [7, 11) is 4.27. The molecule has 2 atom stereocenters. The van der Waals surface area contributed by atoms with Crippen LogP contribution in [0.15, 0.2) is 0 Å². The van der Waals surface area contributed by atoms with Crippen molar-refractivity contribution in [2.24, 2.45) is 0 Å². The smallest absolute Gasteiger partial charge is 0.476 e. The van der Waals surface area contributed by atoms with Crippen LogP contribution < -0.4 is 0 Å². The number of hydrogen-bond donors (Lipinski definition) is 0. The van der Waals surface area contributed by atoms with Gasteiger partial charge in [0.05, 0.1) is 4.73 Å². The normalized spacial score (nSPS) is 21.0. The van der Waals surface area contributed by atoms with Crippen LogP contribution in [0.4, 0.5) is 0 Å². The molecule has 0 aromatic rings. The van der Waals surface area contributed by atoms with Crippen molar-refractivity contribution in [3.8, 4) is 0 Å². The Bertz CT molecular complexity index is 176. The van der Waals surface area contributed by atoms with Crippen LogP contribution in [0.25, 0.3) is 0 Å². The van der Waals surface area contributed by atoms with E-state index in [0.717, 1.165) is 0 Å². The van der Waals surface area contributed by atoms with Gasteiger partial charge < -0.3 is 14.0 Å². The van der Waals surface area contributed by atoms with E-state index in [1.807, 2.05) is 0 Å². The Labute approximate surface area is 88.1 Å². The average molecular weight is 298 g/mol. The van der Waals surface area contributed by atoms with Gasteiger partial charge in [0.25, 0.3) is 0 Å². The molecule has 1 aliphatic heterocycles. The molecule has 0 aliphatic carbocycles. The fourth-order valence-corrected chi connectivity index (χ4v) is 1.54. The standard InChI is InChI=1S/C4H4B2Br2O4/c5-12-4(9)2(7)3(8)6-10-1-11-6/h2-3H,1H2/t2-,3+/m1/s1. The largest absolute Gasteiger partial charge is 0.543 e. The van der Waals surface area contributed by atoms with Crippen LogP contribution in [0.2, 0.25) is 0 Å². The molecule has 1 rings (SSSR count). The van der Waals surface area contributed by atoms with Gasteiger partial charge in [-0.1, -0.05) is 31.9 Å². The Balaban J connectivity index is 2.39. The second-order valence-corrected chi connectivity index (χ2v) is 4.15. The van der Waals surface area contributed by atoms with Crippen LogP contribution in [0.5, 0.6) is 0 Å². The van der Waals surface area contributed by atoms with Crippen LogP contribution in [0.1, 0.15) is 0 Å². The maximum Gasteiger partial charge on any atom is 0.476 e. The van der Waals surface area contributed by atoms with E-state index in [4.69, 9.17) is 9.31 Å². The molecule has 0 bridgehead atoms. The van der Waals surface area contributed by atoms with Gasteiger partial charge in [-0.25, -0.2) is 0 Å². The van der Waals surface area contributed by atoms with E-state index >= 15 is 0 Å². The fourth-order valence-electron chi connectivity index (χ4n) is 0.663. The van der Waals surface area contributed by atoms with Crippen molar-refractivity contribution in [3.63, 3.8) is 0 Å². The van der Waals surface area contributed by atoms with E-state index in [9.17, 15) is 4.79 Å². The lowest BCUT2D eigenvalue weighted by atomic mass is 9.81. The van der Waals surface area contributed by atoms with E-state index < -0.39 is 17.9 Å². The van der Waals surface area contributed by atoms with Crippen molar-refractivity contribution in [3.05, 3.63) is 0 Å². The monoisotopic (exact) mass is 296 g/mol. The summed E-state index contributed by atoms with van der Waals surface area (Å²) in [6, 6.07) is 0. The fraction of sp³-hybridized carbons (Fsp3) is 0.750. The Hall–Kier alpha value is 0.480. The molecule has 1 saturated heterocycles. The first-order valence-corrected chi connectivity index (χ1v) is 4.92. The third-order valence-electron chi connectivity index (χ3n) is 1.35. The highest BCUT2D eigenvalue weighted by Crippen LogP contribution is 2.23. The first-order chi connectivity index (χ1) is 5.66. The summed E-state index contributed by atoms with van der Waals surface area (Å²) in [4.78, 5) is 10.3. The molecule has 12 heavy (non-hydrogen) atoms. The SMILES string of the molecule is [B]OC(=O)[C@H](Br)[C@H](Br)B1OCO1. The molecule has 0 N–H and O–H groups in total. The summed E-state index contributed by atoms with van der Waals surface area (Å²) < 4.78 is 13.6. The second-order valence-electron chi connectivity index (χ2n) is 2.10. The first kappa shape index (κ1) is 10.6. The number of hydrogen-bond acceptors (Lipinski definition) is 4. The molecule has 0 aromatic carbocycles. The van der Waals surface area contributed by atoms with E-state index in [1.165, 1.54) is 0 Å². The van der Waals surface area contributed by atoms with Gasteiger partial charge in [0.1, 0.15) is 11.6 Å². The molecule has 0 unspecified atom stereocenters. The lowest BCUT2D eigenvalue weighted by molar-refractivity contribution is -0.133. The number of rotatable bonds is 3. The zero-order valence-electron chi connectivity index (χ0n) is 5.91. The van der Waals surface area contributed by atoms with Crippen molar-refractivity contribution < 1.29 is 18.8 Å². The minimum atomic E-state index is -0.576. The molecule has 0 aromatic heterocycles. The van der Waals surface area contributed by atoms with Gasteiger partial charge in [0, 0.05) is 0 Å². The van der Waals surface area contributed by atoms with Crippen molar-refractivity contribution in [1.82, 2.24) is 0 Å². The van der Waals surface area contributed by atoms with E-state index in [2.05, 4.69) is 44.6 Å². The maximum absolute atomic E-state index is 10.9. The van der Waals surface area contributed by atoms with Crippen LogP contribution in [-0.4, -0.2) is 37.5 Å². The van der Waals surface area contributed by atoms with Crippen molar-refractivity contribution in [2.45, 2.75) is 9.55 Å². The minimum absolute atomic E-state index is 0.254. The molecular weight excluding hydrogens is 293 g/mol. The number of carbonyl (C=O) groups is 1. The van der Waals surface area contributed by atoms with Crippen LogP contribution in [0.3, 0.4) is 0 Å². The molecule has 0 spiro atoms. The zero-order chi connectivity index (χ0) is 9.14. The lowest BCUT2D eigenvalue weighted by Crippen LogP contribution is -2.49. The molecule has 64 valence electrons. The van der Waals surface area contributed by atoms with Gasteiger partial charge in [-0.3, -0.25) is 4.79 Å². The molecule has 8 heteroatoms. The Morgan fingerprint density at radius 2 is 2.17 bits per heavy atom. The molecule has 1 heterocycles. The van der Waals surface area contributed by atoms with Crippen molar-refractivity contribution >= 4 is 53.0 Å². The lowest BCUT2D eigenvalue weighted by Gasteiger charge is -2.28. The second kappa shape index (κ2) is 4.64. The minimum Gasteiger partial charge on any atom is -0.543 e. The number of halogens is 2. The molecular formula is C4H4B2Br2O4. The summed E-state index contributed by atoms with van der Waals surface area (Å²) >= 11 is 6.29. The summed E-state index contributed by atoms with van der Waals surface area (Å²) in [6.45, 7) is 0.254. The molecule has 0 amide bonds. The van der Waals surface area contributed by atoms with Gasteiger partial charge in [-0.2, -0.15) is 0 Å². The summed E-state index contributed by atoms with van der Waals surface area (Å²) in [6.07, 6.45) is 0. The van der Waals surface area contributed by atoms with Gasteiger partial charge in [-0.05, 0) is 0 Å². The summed E-state index contributed by atoms with van der Waals surface area (Å²) in [5.41, 5.74) is 0. The zero-order valence-corrected chi connectivity index (χ0v) is 9.08. The first-order valence-electron chi connectivity index (χ1n) is 3.08. The Morgan fingerprint density at radius 1 is 1.58 bits per heavy atom. The molecule has 1 aliphatic rings. The molecule has 0 saturated carbocycles. The Morgan fingerprint density at radius 3 is 2.50 bits per heavy atom. The predicted octanol–water partition coefficient (Wildman–Crippen LogP) is 0.172. The van der Waals surface area contributed by atoms with Crippen LogP contribution in [0, 0.1) is 0 Å². The van der Waals surface area contributed by atoms with Gasteiger partial charge in [0.15, 0.2) is 0 Å². The van der Waals surface area contributed by atoms with E-state index in [0.29, 0.717) is 0 Å². The van der Waals surface area contributed by atoms with Crippen LogP contribution >= 0.6 is 31.9 Å². The van der Waals surface area contributed by atoms with Gasteiger partial charge >= 0.3 is 21.1 Å². The van der Waals surface area contributed by atoms with E-state index in [-0.39, 0.29) is 11.5 Å². The molecule has 2 radical (unpaired) electrons. The van der Waals surface area contributed by atoms with Gasteiger partial charge in [-0.15, -0.1) is 0 Å². The number of carbonyl (C=O) groups excluding carboxylic acids is 1. The summed E-state index contributed by atoms with van der Waals surface area (Å²) in [5, 5.41) is 0. The summed E-state index contributed by atoms with van der Waals surface area (Å²) in [5.74, 6) is -0.573. The van der Waals surface area contributed by atoms with Gasteiger partial charge in [0.2, 0.25) is 0 Å². The average Bonchev–Trinajstić information content (AvgIpc) is 1.98. The maximum atomic E-state index is 10.9. The highest BCUT2D eigenvalue weighted by molar-refractivity contribution is 9.12. The third-order valence-corrected chi connectivity index (χ3v) is 3.96. The topological polar surface area (TPSA) is 44.8 Å². The quantitative estimate of drug-likeness (QED) is 0.550. The number of alkyl halides is 2. The van der Waals surface area contributed by atoms with Crippen molar-refractivity contribution in [1.29, 1.82) is 0 Å². The predicted molar refractivity (Wildman–Crippen MR) is 50.1 cm³/mol. The van der Waals surface area contributed by atoms with Crippen LogP contribution in [-0.2, 0) is 18.8 Å². The molecule has 1 fully saturated rings. The van der Waals surface area contributed by atoms with Crippen molar-refractivity contribution in [2.75, 3.05) is 6.79 Å². The van der Waals surface area contributed by atoms with E-state index in [1.54, 1.807) is 0 Å².